The molecule has 0 fully saturated rings. The largest absolute Gasteiger partial charge is 0.494 e. The summed E-state index contributed by atoms with van der Waals surface area (Å²) in [5.41, 5.74) is 3.78. The fourth-order valence-electron chi connectivity index (χ4n) is 2.61. The van der Waals surface area contributed by atoms with Crippen molar-refractivity contribution in [2.75, 3.05) is 13.7 Å². The Morgan fingerprint density at radius 2 is 1.90 bits per heavy atom. The molecule has 154 valence electrons. The Morgan fingerprint density at radius 3 is 2.60 bits per heavy atom. The van der Waals surface area contributed by atoms with Gasteiger partial charge in [-0.2, -0.15) is 5.10 Å². The van der Waals surface area contributed by atoms with E-state index in [1.807, 2.05) is 6.92 Å². The van der Waals surface area contributed by atoms with E-state index >= 15 is 0 Å². The highest BCUT2D eigenvalue weighted by Crippen LogP contribution is 2.27. The van der Waals surface area contributed by atoms with Gasteiger partial charge in [0.25, 0.3) is 5.91 Å². The molecule has 0 bridgehead atoms. The lowest BCUT2D eigenvalue weighted by atomic mass is 10.1. The number of hydrazone groups is 1. The average Bonchev–Trinajstić information content (AvgIpc) is 3.23. The molecule has 8 heteroatoms. The first-order valence-corrected chi connectivity index (χ1v) is 9.44. The first-order chi connectivity index (χ1) is 14.5. The third-order valence-electron chi connectivity index (χ3n) is 4.07. The van der Waals surface area contributed by atoms with Crippen molar-refractivity contribution >= 4 is 29.7 Å². The molecule has 1 N–H and O–H groups in total. The topological polar surface area (TPSA) is 90.1 Å². The molecule has 3 aromatic rings. The maximum Gasteiger partial charge on any atom is 0.339 e. The highest BCUT2D eigenvalue weighted by molar-refractivity contribution is 6.33. The average molecular weight is 427 g/mol. The summed E-state index contributed by atoms with van der Waals surface area (Å²) in [6, 6.07) is 15.1. The molecule has 0 spiro atoms. The van der Waals surface area contributed by atoms with E-state index in [9.17, 15) is 9.59 Å². The lowest BCUT2D eigenvalue weighted by Crippen LogP contribution is -2.17. The second-order valence-electron chi connectivity index (χ2n) is 6.04. The molecule has 7 nitrogen and oxygen atoms in total. The van der Waals surface area contributed by atoms with Crippen molar-refractivity contribution in [3.8, 4) is 17.1 Å². The number of benzene rings is 2. The van der Waals surface area contributed by atoms with Crippen molar-refractivity contribution in [2.45, 2.75) is 6.92 Å². The number of carbonyl (C=O) groups excluding carboxylic acids is 2. The molecule has 2 aromatic carbocycles. The lowest BCUT2D eigenvalue weighted by Gasteiger charge is -2.04. The molecular formula is C22H19ClN2O5. The zero-order valence-electron chi connectivity index (χ0n) is 16.3. The Morgan fingerprint density at radius 1 is 1.13 bits per heavy atom. The molecule has 1 heterocycles. The van der Waals surface area contributed by atoms with Crippen LogP contribution in [0, 0.1) is 0 Å². The van der Waals surface area contributed by atoms with Crippen LogP contribution in [-0.4, -0.2) is 31.8 Å². The maximum absolute atomic E-state index is 12.1. The summed E-state index contributed by atoms with van der Waals surface area (Å²) in [6.45, 7) is 2.45. The zero-order valence-corrected chi connectivity index (χ0v) is 17.1. The van der Waals surface area contributed by atoms with Gasteiger partial charge in [-0.05, 0) is 61.5 Å². The lowest BCUT2D eigenvalue weighted by molar-refractivity contribution is 0.0601. The molecule has 0 atom stereocenters. The van der Waals surface area contributed by atoms with E-state index in [1.54, 1.807) is 54.6 Å². The van der Waals surface area contributed by atoms with Crippen LogP contribution in [0.5, 0.6) is 5.75 Å². The minimum absolute atomic E-state index is 0.242. The number of nitrogens with zero attached hydrogens (tertiary/aromatic N) is 1. The highest BCUT2D eigenvalue weighted by Gasteiger charge is 2.13. The molecule has 0 aliphatic carbocycles. The third-order valence-corrected chi connectivity index (χ3v) is 4.40. The highest BCUT2D eigenvalue weighted by atomic mass is 35.5. The van der Waals surface area contributed by atoms with E-state index in [2.05, 4.69) is 10.5 Å². The van der Waals surface area contributed by atoms with Crippen molar-refractivity contribution in [1.29, 1.82) is 0 Å². The third kappa shape index (κ3) is 5.07. The molecule has 0 aliphatic rings. The predicted molar refractivity (Wildman–Crippen MR) is 113 cm³/mol. The van der Waals surface area contributed by atoms with Crippen molar-refractivity contribution < 1.29 is 23.5 Å². The Kier molecular flexibility index (Phi) is 6.87. The number of nitrogens with one attached hydrogen (secondary N) is 1. The predicted octanol–water partition coefficient (Wildman–Crippen LogP) is 4.55. The van der Waals surface area contributed by atoms with Gasteiger partial charge in [-0.3, -0.25) is 4.79 Å². The Bertz CT molecular complexity index is 1070. The minimum atomic E-state index is -0.535. The monoisotopic (exact) mass is 426 g/mol. The number of hydrogen-bond acceptors (Lipinski definition) is 6. The summed E-state index contributed by atoms with van der Waals surface area (Å²) in [6.07, 6.45) is 1.38. The van der Waals surface area contributed by atoms with Gasteiger partial charge in [0.2, 0.25) is 0 Å². The van der Waals surface area contributed by atoms with Crippen LogP contribution >= 0.6 is 11.6 Å². The van der Waals surface area contributed by atoms with Crippen LogP contribution in [-0.2, 0) is 4.74 Å². The van der Waals surface area contributed by atoms with Crippen molar-refractivity contribution in [1.82, 2.24) is 5.43 Å². The van der Waals surface area contributed by atoms with E-state index in [1.165, 1.54) is 13.3 Å². The van der Waals surface area contributed by atoms with Gasteiger partial charge in [-0.1, -0.05) is 11.6 Å². The fourth-order valence-corrected chi connectivity index (χ4v) is 2.81. The van der Waals surface area contributed by atoms with Gasteiger partial charge in [0.15, 0.2) is 0 Å². The summed E-state index contributed by atoms with van der Waals surface area (Å²) in [5, 5.41) is 4.20. The van der Waals surface area contributed by atoms with Crippen molar-refractivity contribution in [3.63, 3.8) is 0 Å². The molecule has 0 saturated carbocycles. The van der Waals surface area contributed by atoms with Gasteiger partial charge in [0.05, 0.1) is 30.5 Å². The van der Waals surface area contributed by atoms with Crippen LogP contribution < -0.4 is 10.2 Å². The number of halogens is 1. The summed E-state index contributed by atoms with van der Waals surface area (Å²) in [7, 11) is 1.29. The van der Waals surface area contributed by atoms with Crippen LogP contribution in [0.4, 0.5) is 0 Å². The number of hydrogen-bond donors (Lipinski definition) is 1. The fraction of sp³-hybridized carbons (Fsp3) is 0.136. The molecule has 0 saturated heterocycles. The Hall–Kier alpha value is -3.58. The molecular weight excluding hydrogens is 408 g/mol. The standard InChI is InChI=1S/C22H19ClN2O5/c1-3-29-16-7-4-14(5-8-16)21(26)25-24-13-17-9-11-20(30-17)15-6-10-19(23)18(12-15)22(27)28-2/h4-13H,3H2,1-2H3,(H,25,26)/b24-13-. The number of carbonyl (C=O) groups is 2. The van der Waals surface area contributed by atoms with Crippen molar-refractivity contribution in [3.05, 3.63) is 76.5 Å². The van der Waals surface area contributed by atoms with Crippen LogP contribution in [0.3, 0.4) is 0 Å². The van der Waals surface area contributed by atoms with Gasteiger partial charge >= 0.3 is 5.97 Å². The second-order valence-corrected chi connectivity index (χ2v) is 6.45. The Balaban J connectivity index is 1.66. The quantitative estimate of drug-likeness (QED) is 0.340. The molecule has 0 aliphatic heterocycles. The molecule has 30 heavy (non-hydrogen) atoms. The van der Waals surface area contributed by atoms with Crippen LogP contribution in [0.25, 0.3) is 11.3 Å². The Labute approximate surface area is 178 Å². The SMILES string of the molecule is CCOc1ccc(C(=O)N/N=C\c2ccc(-c3ccc(Cl)c(C(=O)OC)c3)o2)cc1. The first-order valence-electron chi connectivity index (χ1n) is 9.06. The molecule has 3 rings (SSSR count). The normalized spacial score (nSPS) is 10.8. The van der Waals surface area contributed by atoms with Crippen molar-refractivity contribution in [2.24, 2.45) is 5.10 Å². The number of furan rings is 1. The summed E-state index contributed by atoms with van der Waals surface area (Å²) < 4.78 is 15.8. The van der Waals surface area contributed by atoms with E-state index in [-0.39, 0.29) is 16.5 Å². The van der Waals surface area contributed by atoms with Crippen LogP contribution in [0.15, 0.2) is 64.1 Å². The van der Waals surface area contributed by atoms with E-state index in [0.29, 0.717) is 35.0 Å². The maximum atomic E-state index is 12.1. The smallest absolute Gasteiger partial charge is 0.339 e. The summed E-state index contributed by atoms with van der Waals surface area (Å²) >= 11 is 6.04. The zero-order chi connectivity index (χ0) is 21.5. The van der Waals surface area contributed by atoms with Gasteiger partial charge in [0.1, 0.15) is 17.3 Å². The van der Waals surface area contributed by atoms with Crippen LogP contribution in [0.1, 0.15) is 33.4 Å². The summed E-state index contributed by atoms with van der Waals surface area (Å²) in [4.78, 5) is 23.9. The molecule has 0 radical (unpaired) electrons. The number of rotatable bonds is 7. The van der Waals surface area contributed by atoms with Gasteiger partial charge in [0, 0.05) is 11.1 Å². The first kappa shape index (κ1) is 21.1. The number of esters is 1. The summed E-state index contributed by atoms with van der Waals surface area (Å²) in [5.74, 6) is 0.731. The molecule has 1 aromatic heterocycles. The van der Waals surface area contributed by atoms with Gasteiger partial charge < -0.3 is 13.9 Å². The molecule has 1 amide bonds. The van der Waals surface area contributed by atoms with E-state index in [0.717, 1.165) is 0 Å². The minimum Gasteiger partial charge on any atom is -0.494 e. The van der Waals surface area contributed by atoms with Gasteiger partial charge in [-0.15, -0.1) is 0 Å². The number of methoxy groups -OCH3 is 1. The number of amides is 1. The second kappa shape index (κ2) is 9.76. The number of ether oxygens (including phenoxy) is 2. The van der Waals surface area contributed by atoms with Crippen LogP contribution in [0.2, 0.25) is 5.02 Å². The van der Waals surface area contributed by atoms with E-state index in [4.69, 9.17) is 25.5 Å². The molecule has 0 unspecified atom stereocenters. The van der Waals surface area contributed by atoms with Gasteiger partial charge in [-0.25, -0.2) is 10.2 Å². The van der Waals surface area contributed by atoms with E-state index < -0.39 is 5.97 Å².